The molecule has 1 spiro atoms. The fraction of sp³-hybridized carbons (Fsp3) is 0.381. The fourth-order valence-electron chi connectivity index (χ4n) is 4.24. The number of nitrogens with zero attached hydrogens (tertiary/aromatic N) is 2. The monoisotopic (exact) mass is 400 g/mol. The number of carbonyl (C=O) groups is 1. The predicted octanol–water partition coefficient (Wildman–Crippen LogP) is 3.14. The summed E-state index contributed by atoms with van der Waals surface area (Å²) in [4.78, 5) is 14.2. The van der Waals surface area contributed by atoms with E-state index >= 15 is 0 Å². The molecule has 2 heterocycles. The van der Waals surface area contributed by atoms with Gasteiger partial charge in [-0.25, -0.2) is 13.2 Å². The fourth-order valence-corrected chi connectivity index (χ4v) is 5.23. The first kappa shape index (κ1) is 18.8. The van der Waals surface area contributed by atoms with Gasteiger partial charge >= 0.3 is 6.09 Å². The zero-order chi connectivity index (χ0) is 19.8. The van der Waals surface area contributed by atoms with Gasteiger partial charge in [0.15, 0.2) is 0 Å². The van der Waals surface area contributed by atoms with E-state index in [-0.39, 0.29) is 18.1 Å². The molecular weight excluding hydrogens is 376 g/mol. The van der Waals surface area contributed by atoms with Crippen LogP contribution in [-0.4, -0.2) is 45.3 Å². The molecule has 0 unspecified atom stereocenters. The van der Waals surface area contributed by atoms with Crippen molar-refractivity contribution < 1.29 is 17.9 Å². The highest BCUT2D eigenvalue weighted by Crippen LogP contribution is 2.47. The Morgan fingerprint density at radius 1 is 1.04 bits per heavy atom. The Bertz CT molecular complexity index is 967. The van der Waals surface area contributed by atoms with Crippen molar-refractivity contribution in [3.8, 4) is 0 Å². The van der Waals surface area contributed by atoms with E-state index in [0.717, 1.165) is 29.7 Å². The van der Waals surface area contributed by atoms with Gasteiger partial charge in [0.2, 0.25) is 10.0 Å². The molecule has 2 aromatic rings. The number of fused-ring (bicyclic) bond motifs is 2. The number of amides is 1. The van der Waals surface area contributed by atoms with Gasteiger partial charge in [0.25, 0.3) is 0 Å². The summed E-state index contributed by atoms with van der Waals surface area (Å²) in [5.74, 6) is 0. The van der Waals surface area contributed by atoms with Gasteiger partial charge in [-0.1, -0.05) is 48.5 Å². The van der Waals surface area contributed by atoms with Gasteiger partial charge in [0.1, 0.15) is 6.61 Å². The number of benzene rings is 2. The van der Waals surface area contributed by atoms with Crippen LogP contribution in [0, 0.1) is 0 Å². The molecule has 6 nitrogen and oxygen atoms in total. The van der Waals surface area contributed by atoms with Gasteiger partial charge in [-0.15, -0.1) is 0 Å². The number of likely N-dealkylation sites (tertiary alicyclic amines) is 1. The highest BCUT2D eigenvalue weighted by Gasteiger charge is 2.47. The second kappa shape index (κ2) is 7.13. The number of anilines is 1. The van der Waals surface area contributed by atoms with Crippen molar-refractivity contribution in [3.63, 3.8) is 0 Å². The van der Waals surface area contributed by atoms with E-state index in [1.54, 1.807) is 4.90 Å². The van der Waals surface area contributed by atoms with Crippen LogP contribution in [0.5, 0.6) is 0 Å². The molecule has 0 bridgehead atoms. The van der Waals surface area contributed by atoms with Gasteiger partial charge in [-0.3, -0.25) is 4.31 Å². The predicted molar refractivity (Wildman–Crippen MR) is 108 cm³/mol. The Kier molecular flexibility index (Phi) is 4.79. The lowest BCUT2D eigenvalue weighted by Gasteiger charge is -2.39. The van der Waals surface area contributed by atoms with E-state index in [9.17, 15) is 13.2 Å². The highest BCUT2D eigenvalue weighted by atomic mass is 32.2. The van der Waals surface area contributed by atoms with Crippen molar-refractivity contribution in [2.75, 3.05) is 30.2 Å². The van der Waals surface area contributed by atoms with Gasteiger partial charge in [-0.05, 0) is 30.0 Å². The topological polar surface area (TPSA) is 66.9 Å². The van der Waals surface area contributed by atoms with E-state index in [0.29, 0.717) is 19.6 Å². The average Bonchev–Trinajstić information content (AvgIpc) is 3.02. The molecule has 0 aromatic heterocycles. The second-order valence-corrected chi connectivity index (χ2v) is 9.50. The molecule has 4 rings (SSSR count). The van der Waals surface area contributed by atoms with Crippen LogP contribution in [0.3, 0.4) is 0 Å². The lowest BCUT2D eigenvalue weighted by molar-refractivity contribution is 0.0791. The van der Waals surface area contributed by atoms with E-state index in [1.807, 2.05) is 54.6 Å². The molecule has 0 atom stereocenters. The first-order chi connectivity index (χ1) is 13.4. The van der Waals surface area contributed by atoms with Crippen LogP contribution in [0.4, 0.5) is 10.5 Å². The molecule has 0 aliphatic carbocycles. The molecular formula is C21H24N2O4S. The minimum Gasteiger partial charge on any atom is -0.445 e. The summed E-state index contributed by atoms with van der Waals surface area (Å²) in [6.45, 7) is 1.81. The summed E-state index contributed by atoms with van der Waals surface area (Å²) in [5, 5.41) is 0. The van der Waals surface area contributed by atoms with E-state index in [1.165, 1.54) is 10.6 Å². The molecule has 1 amide bonds. The number of para-hydroxylation sites is 1. The third-order valence-corrected chi connectivity index (χ3v) is 6.90. The summed E-state index contributed by atoms with van der Waals surface area (Å²) in [6.07, 6.45) is 2.37. The standard InChI is InChI=1S/C21H24N2O4S/c1-28(25,26)23-16-21(18-9-5-6-10-19(18)23)11-13-22(14-12-21)20(24)27-15-17-7-3-2-4-8-17/h2-10H,11-16H2,1H3. The second-order valence-electron chi connectivity index (χ2n) is 7.59. The number of piperidine rings is 1. The molecule has 28 heavy (non-hydrogen) atoms. The number of hydrogen-bond donors (Lipinski definition) is 0. The van der Waals surface area contributed by atoms with Crippen molar-refractivity contribution in [2.24, 2.45) is 0 Å². The zero-order valence-corrected chi connectivity index (χ0v) is 16.7. The Balaban J connectivity index is 1.44. The zero-order valence-electron chi connectivity index (χ0n) is 15.9. The average molecular weight is 401 g/mol. The maximum absolute atomic E-state index is 12.4. The number of sulfonamides is 1. The van der Waals surface area contributed by atoms with Gasteiger partial charge in [0, 0.05) is 25.0 Å². The maximum Gasteiger partial charge on any atom is 0.410 e. The summed E-state index contributed by atoms with van der Waals surface area (Å²) < 4.78 is 31.5. The number of ether oxygens (including phenoxy) is 1. The van der Waals surface area contributed by atoms with Crippen LogP contribution in [0.15, 0.2) is 54.6 Å². The molecule has 0 radical (unpaired) electrons. The normalized spacial score (nSPS) is 18.2. The summed E-state index contributed by atoms with van der Waals surface area (Å²) in [5.41, 5.74) is 2.55. The van der Waals surface area contributed by atoms with Crippen molar-refractivity contribution in [1.82, 2.24) is 4.90 Å². The minimum atomic E-state index is -3.33. The SMILES string of the molecule is CS(=O)(=O)N1CC2(CCN(C(=O)OCc3ccccc3)CC2)c2ccccc21. The smallest absolute Gasteiger partial charge is 0.410 e. The molecule has 1 saturated heterocycles. The van der Waals surface area contributed by atoms with Crippen LogP contribution in [0.1, 0.15) is 24.0 Å². The Morgan fingerprint density at radius 2 is 1.68 bits per heavy atom. The van der Waals surface area contributed by atoms with Gasteiger partial charge in [0.05, 0.1) is 11.9 Å². The van der Waals surface area contributed by atoms with E-state index in [2.05, 4.69) is 0 Å². The van der Waals surface area contributed by atoms with Crippen LogP contribution >= 0.6 is 0 Å². The lowest BCUT2D eigenvalue weighted by Crippen LogP contribution is -2.47. The Hall–Kier alpha value is -2.54. The lowest BCUT2D eigenvalue weighted by atomic mass is 9.74. The summed E-state index contributed by atoms with van der Waals surface area (Å²) >= 11 is 0. The Labute approximate surface area is 165 Å². The third-order valence-electron chi connectivity index (χ3n) is 5.77. The minimum absolute atomic E-state index is 0.240. The third kappa shape index (κ3) is 3.46. The molecule has 2 aliphatic heterocycles. The molecule has 0 N–H and O–H groups in total. The quantitative estimate of drug-likeness (QED) is 0.794. The first-order valence-electron chi connectivity index (χ1n) is 9.42. The number of carbonyl (C=O) groups excluding carboxylic acids is 1. The van der Waals surface area contributed by atoms with Crippen LogP contribution in [0.2, 0.25) is 0 Å². The molecule has 2 aliphatic rings. The molecule has 0 saturated carbocycles. The molecule has 7 heteroatoms. The van der Waals surface area contributed by atoms with Gasteiger partial charge in [-0.2, -0.15) is 0 Å². The van der Waals surface area contributed by atoms with E-state index < -0.39 is 10.0 Å². The maximum atomic E-state index is 12.4. The van der Waals surface area contributed by atoms with Crippen molar-refractivity contribution in [3.05, 3.63) is 65.7 Å². The Morgan fingerprint density at radius 3 is 2.36 bits per heavy atom. The van der Waals surface area contributed by atoms with Crippen LogP contribution < -0.4 is 4.31 Å². The summed E-state index contributed by atoms with van der Waals surface area (Å²) in [7, 11) is -3.33. The number of rotatable bonds is 3. The molecule has 2 aromatic carbocycles. The van der Waals surface area contributed by atoms with Crippen molar-refractivity contribution in [2.45, 2.75) is 24.9 Å². The van der Waals surface area contributed by atoms with E-state index in [4.69, 9.17) is 4.74 Å². The van der Waals surface area contributed by atoms with Crippen LogP contribution in [0.25, 0.3) is 0 Å². The molecule has 1 fully saturated rings. The van der Waals surface area contributed by atoms with Crippen LogP contribution in [-0.2, 0) is 26.8 Å². The highest BCUT2D eigenvalue weighted by molar-refractivity contribution is 7.92. The number of hydrogen-bond acceptors (Lipinski definition) is 4. The molecule has 148 valence electrons. The van der Waals surface area contributed by atoms with Crippen molar-refractivity contribution >= 4 is 21.8 Å². The van der Waals surface area contributed by atoms with Gasteiger partial charge < -0.3 is 9.64 Å². The first-order valence-corrected chi connectivity index (χ1v) is 11.3. The van der Waals surface area contributed by atoms with Crippen molar-refractivity contribution in [1.29, 1.82) is 0 Å². The largest absolute Gasteiger partial charge is 0.445 e. The summed E-state index contributed by atoms with van der Waals surface area (Å²) in [6, 6.07) is 17.3.